The Kier molecular flexibility index (Phi) is 4.81. The van der Waals surface area contributed by atoms with E-state index in [1.54, 1.807) is 13.3 Å². The molecule has 0 spiro atoms. The van der Waals surface area contributed by atoms with E-state index in [-0.39, 0.29) is 6.04 Å². The molecular formula is C14H18IN3O. The Morgan fingerprint density at radius 3 is 2.79 bits per heavy atom. The van der Waals surface area contributed by atoms with Gasteiger partial charge >= 0.3 is 0 Å². The fourth-order valence-corrected chi connectivity index (χ4v) is 2.84. The number of ether oxygens (including phenoxy) is 1. The Hall–Kier alpha value is -1.08. The smallest absolute Gasteiger partial charge is 0.161 e. The summed E-state index contributed by atoms with van der Waals surface area (Å²) in [5.41, 5.74) is 8.46. The number of hydrogen-bond donors (Lipinski definition) is 1. The van der Waals surface area contributed by atoms with Gasteiger partial charge in [0.25, 0.3) is 0 Å². The number of nitrogens with zero attached hydrogens (tertiary/aromatic N) is 2. The summed E-state index contributed by atoms with van der Waals surface area (Å²) in [6.45, 7) is 2.96. The normalized spacial score (nSPS) is 12.4. The minimum Gasteiger partial charge on any atom is -0.493 e. The molecule has 0 amide bonds. The molecule has 2 N–H and O–H groups in total. The molecule has 5 heteroatoms. The van der Waals surface area contributed by atoms with Crippen molar-refractivity contribution in [2.24, 2.45) is 5.73 Å². The van der Waals surface area contributed by atoms with Gasteiger partial charge in [-0.1, -0.05) is 25.1 Å². The molecule has 1 aromatic carbocycles. The lowest BCUT2D eigenvalue weighted by molar-refractivity contribution is 0.404. The molecule has 1 heterocycles. The Morgan fingerprint density at radius 1 is 1.42 bits per heavy atom. The molecule has 0 fully saturated rings. The first-order chi connectivity index (χ1) is 9.19. The quantitative estimate of drug-likeness (QED) is 0.823. The van der Waals surface area contributed by atoms with E-state index in [2.05, 4.69) is 46.7 Å². The number of hydrogen-bond acceptors (Lipinski definition) is 3. The fraction of sp³-hybridized carbons (Fsp3) is 0.357. The molecule has 1 aromatic heterocycles. The predicted molar refractivity (Wildman–Crippen MR) is 84.3 cm³/mol. The zero-order valence-electron chi connectivity index (χ0n) is 11.1. The number of rotatable bonds is 5. The van der Waals surface area contributed by atoms with Gasteiger partial charge in [0, 0.05) is 10.1 Å². The highest BCUT2D eigenvalue weighted by Gasteiger charge is 2.21. The average Bonchev–Trinajstić information content (AvgIpc) is 2.82. The summed E-state index contributed by atoms with van der Waals surface area (Å²) in [5, 5.41) is 4.36. The summed E-state index contributed by atoms with van der Waals surface area (Å²) in [7, 11) is 1.65. The number of aryl methyl sites for hydroxylation is 1. The van der Waals surface area contributed by atoms with Crippen molar-refractivity contribution in [2.75, 3.05) is 7.11 Å². The van der Waals surface area contributed by atoms with Crippen molar-refractivity contribution in [2.45, 2.75) is 25.9 Å². The van der Waals surface area contributed by atoms with Crippen LogP contribution in [0.1, 0.15) is 30.6 Å². The molecule has 4 nitrogen and oxygen atoms in total. The SMILES string of the molecule is CCCn1ncc(OC)c1C(N)c1ccccc1I. The predicted octanol–water partition coefficient (Wildman–Crippen LogP) is 2.95. The molecule has 1 unspecified atom stereocenters. The Labute approximate surface area is 127 Å². The first-order valence-corrected chi connectivity index (χ1v) is 7.36. The van der Waals surface area contributed by atoms with Crippen LogP contribution in [0.3, 0.4) is 0 Å². The maximum absolute atomic E-state index is 6.42. The van der Waals surface area contributed by atoms with Crippen molar-refractivity contribution in [3.8, 4) is 5.75 Å². The zero-order chi connectivity index (χ0) is 13.8. The minimum atomic E-state index is -0.225. The van der Waals surface area contributed by atoms with E-state index in [4.69, 9.17) is 10.5 Å². The average molecular weight is 371 g/mol. The van der Waals surface area contributed by atoms with Gasteiger partial charge in [0.15, 0.2) is 5.75 Å². The highest BCUT2D eigenvalue weighted by atomic mass is 127. The Bertz CT molecular complexity index is 553. The van der Waals surface area contributed by atoms with E-state index in [1.165, 1.54) is 0 Å². The maximum atomic E-state index is 6.42. The Balaban J connectivity index is 2.45. The van der Waals surface area contributed by atoms with E-state index >= 15 is 0 Å². The third-order valence-electron chi connectivity index (χ3n) is 3.04. The van der Waals surface area contributed by atoms with Crippen LogP contribution in [0.5, 0.6) is 5.75 Å². The summed E-state index contributed by atoms with van der Waals surface area (Å²) < 4.78 is 8.48. The zero-order valence-corrected chi connectivity index (χ0v) is 13.3. The van der Waals surface area contributed by atoms with Gasteiger partial charge in [0.05, 0.1) is 19.3 Å². The molecule has 102 valence electrons. The van der Waals surface area contributed by atoms with Crippen LogP contribution in [0.4, 0.5) is 0 Å². The largest absolute Gasteiger partial charge is 0.493 e. The van der Waals surface area contributed by atoms with Crippen LogP contribution in [0, 0.1) is 3.57 Å². The number of aromatic nitrogens is 2. The third kappa shape index (κ3) is 2.92. The van der Waals surface area contributed by atoms with Crippen LogP contribution in [0.15, 0.2) is 30.5 Å². The van der Waals surface area contributed by atoms with Gasteiger partial charge in [-0.05, 0) is 40.6 Å². The first-order valence-electron chi connectivity index (χ1n) is 6.28. The minimum absolute atomic E-state index is 0.225. The summed E-state index contributed by atoms with van der Waals surface area (Å²) in [5.74, 6) is 0.751. The van der Waals surface area contributed by atoms with Gasteiger partial charge in [-0.25, -0.2) is 0 Å². The molecule has 0 saturated carbocycles. The standard InChI is InChI=1S/C14H18IN3O/c1-3-8-18-14(12(19-2)9-17-18)13(16)10-6-4-5-7-11(10)15/h4-7,9,13H,3,8,16H2,1-2H3. The fourth-order valence-electron chi connectivity index (χ4n) is 2.11. The molecule has 2 rings (SSSR count). The summed E-state index contributed by atoms with van der Waals surface area (Å²) in [4.78, 5) is 0. The molecule has 0 aliphatic heterocycles. The van der Waals surface area contributed by atoms with Gasteiger partial charge in [0.1, 0.15) is 5.69 Å². The van der Waals surface area contributed by atoms with Gasteiger partial charge < -0.3 is 10.5 Å². The highest BCUT2D eigenvalue weighted by molar-refractivity contribution is 14.1. The van der Waals surface area contributed by atoms with E-state index in [0.717, 1.165) is 33.5 Å². The third-order valence-corrected chi connectivity index (χ3v) is 4.02. The van der Waals surface area contributed by atoms with Crippen LogP contribution in [0.2, 0.25) is 0 Å². The van der Waals surface area contributed by atoms with Crippen molar-refractivity contribution < 1.29 is 4.74 Å². The summed E-state index contributed by atoms with van der Waals surface area (Å²) in [6, 6.07) is 7.90. The lowest BCUT2D eigenvalue weighted by Crippen LogP contribution is -2.19. The topological polar surface area (TPSA) is 53.1 Å². The molecule has 2 aromatic rings. The second kappa shape index (κ2) is 6.38. The van der Waals surface area contributed by atoms with Crippen molar-refractivity contribution in [1.82, 2.24) is 9.78 Å². The van der Waals surface area contributed by atoms with E-state index in [1.807, 2.05) is 16.8 Å². The molecule has 0 bridgehead atoms. The van der Waals surface area contributed by atoms with Crippen LogP contribution in [-0.4, -0.2) is 16.9 Å². The van der Waals surface area contributed by atoms with Crippen molar-refractivity contribution in [3.63, 3.8) is 0 Å². The molecule has 0 saturated heterocycles. The van der Waals surface area contributed by atoms with Gasteiger partial charge in [0.2, 0.25) is 0 Å². The van der Waals surface area contributed by atoms with E-state index < -0.39 is 0 Å². The number of nitrogens with two attached hydrogens (primary N) is 1. The molecule has 0 aliphatic carbocycles. The van der Waals surface area contributed by atoms with E-state index in [0.29, 0.717) is 0 Å². The molecule has 0 radical (unpaired) electrons. The molecule has 19 heavy (non-hydrogen) atoms. The van der Waals surface area contributed by atoms with Crippen molar-refractivity contribution in [1.29, 1.82) is 0 Å². The van der Waals surface area contributed by atoms with Crippen molar-refractivity contribution >= 4 is 22.6 Å². The maximum Gasteiger partial charge on any atom is 0.161 e. The second-order valence-corrected chi connectivity index (χ2v) is 5.48. The molecule has 0 aliphatic rings. The summed E-state index contributed by atoms with van der Waals surface area (Å²) in [6.07, 6.45) is 2.75. The van der Waals surface area contributed by atoms with Crippen LogP contribution in [-0.2, 0) is 6.54 Å². The first kappa shape index (κ1) is 14.3. The molecular weight excluding hydrogens is 353 g/mol. The van der Waals surface area contributed by atoms with Gasteiger partial charge in [-0.2, -0.15) is 5.10 Å². The summed E-state index contributed by atoms with van der Waals surface area (Å²) >= 11 is 2.31. The Morgan fingerprint density at radius 2 is 2.16 bits per heavy atom. The van der Waals surface area contributed by atoms with Crippen LogP contribution < -0.4 is 10.5 Å². The monoisotopic (exact) mass is 371 g/mol. The van der Waals surface area contributed by atoms with Crippen LogP contribution in [0.25, 0.3) is 0 Å². The molecule has 1 atom stereocenters. The number of benzene rings is 1. The highest BCUT2D eigenvalue weighted by Crippen LogP contribution is 2.30. The van der Waals surface area contributed by atoms with Gasteiger partial charge in [-0.15, -0.1) is 0 Å². The lowest BCUT2D eigenvalue weighted by Gasteiger charge is -2.17. The number of halogens is 1. The second-order valence-electron chi connectivity index (χ2n) is 4.32. The van der Waals surface area contributed by atoms with E-state index in [9.17, 15) is 0 Å². The lowest BCUT2D eigenvalue weighted by atomic mass is 10.0. The van der Waals surface area contributed by atoms with Crippen LogP contribution >= 0.6 is 22.6 Å². The van der Waals surface area contributed by atoms with Crippen molar-refractivity contribution in [3.05, 3.63) is 45.3 Å². The van der Waals surface area contributed by atoms with Gasteiger partial charge in [-0.3, -0.25) is 4.68 Å². The number of methoxy groups -OCH3 is 1.